The van der Waals surface area contributed by atoms with Crippen molar-refractivity contribution in [3.63, 3.8) is 0 Å². The van der Waals surface area contributed by atoms with Crippen molar-refractivity contribution in [1.29, 1.82) is 0 Å². The van der Waals surface area contributed by atoms with Gasteiger partial charge >= 0.3 is 6.03 Å². The summed E-state index contributed by atoms with van der Waals surface area (Å²) in [5, 5.41) is 17.6. The van der Waals surface area contributed by atoms with Crippen LogP contribution in [-0.2, 0) is 12.1 Å². The molecule has 10 heteroatoms. The molecule has 0 saturated carbocycles. The molecule has 2 fully saturated rings. The average Bonchev–Trinajstić information content (AvgIpc) is 2.83. The summed E-state index contributed by atoms with van der Waals surface area (Å²) < 4.78 is 56.9. The zero-order valence-corrected chi connectivity index (χ0v) is 19.8. The fourth-order valence-electron chi connectivity index (χ4n) is 5.44. The van der Waals surface area contributed by atoms with E-state index in [1.165, 1.54) is 29.2 Å². The number of nitrogens with two attached hydrogens (primary N) is 1. The molecule has 0 spiro atoms. The molecule has 2 aliphatic rings. The van der Waals surface area contributed by atoms with Gasteiger partial charge in [-0.3, -0.25) is 0 Å². The second-order valence-electron chi connectivity index (χ2n) is 9.58. The summed E-state index contributed by atoms with van der Waals surface area (Å²) in [6.07, 6.45) is 0. The zero-order chi connectivity index (χ0) is 26.3. The Morgan fingerprint density at radius 1 is 0.946 bits per heavy atom. The Balaban J connectivity index is 1.39. The van der Waals surface area contributed by atoms with Crippen LogP contribution in [0, 0.1) is 35.1 Å². The maximum atomic E-state index is 15.3. The number of carbonyl (C=O) groups is 1. The van der Waals surface area contributed by atoms with Crippen LogP contribution in [0.3, 0.4) is 0 Å². The standard InChI is InChI=1S/C27H26F4N4O2/c28-19-7-20(29)9-21(8-19)34-26(36)35-13-17-11-33-12-18(14-35)27(17,37)16-2-4-23(25(31)6-16)22-3-1-15(10-32)5-24(22)30/h1-9,17-18,33,37H,10-14,32H2,(H,34,36)/t17-,18+,27+. The largest absolute Gasteiger partial charge is 0.384 e. The van der Waals surface area contributed by atoms with Gasteiger partial charge in [-0.05, 0) is 35.4 Å². The van der Waals surface area contributed by atoms with Gasteiger partial charge in [-0.15, -0.1) is 0 Å². The maximum Gasteiger partial charge on any atom is 0.321 e. The van der Waals surface area contributed by atoms with Crippen LogP contribution in [0.4, 0.5) is 28.0 Å². The van der Waals surface area contributed by atoms with Gasteiger partial charge < -0.3 is 26.4 Å². The third-order valence-corrected chi connectivity index (χ3v) is 7.30. The second-order valence-corrected chi connectivity index (χ2v) is 9.58. The minimum absolute atomic E-state index is 0.0176. The molecule has 37 heavy (non-hydrogen) atoms. The van der Waals surface area contributed by atoms with E-state index in [2.05, 4.69) is 10.6 Å². The van der Waals surface area contributed by atoms with Crippen LogP contribution in [0.2, 0.25) is 0 Å². The summed E-state index contributed by atoms with van der Waals surface area (Å²) >= 11 is 0. The molecule has 0 aromatic heterocycles. The monoisotopic (exact) mass is 514 g/mol. The number of nitrogens with zero attached hydrogens (tertiary/aromatic N) is 1. The highest BCUT2D eigenvalue weighted by Crippen LogP contribution is 2.44. The molecule has 194 valence electrons. The molecule has 2 amide bonds. The summed E-state index contributed by atoms with van der Waals surface area (Å²) in [5.41, 5.74) is 5.18. The molecule has 2 aliphatic heterocycles. The Hall–Kier alpha value is -3.47. The molecule has 5 N–H and O–H groups in total. The van der Waals surface area contributed by atoms with Gasteiger partial charge in [0.05, 0.1) is 0 Å². The van der Waals surface area contributed by atoms with Crippen molar-refractivity contribution < 1.29 is 27.5 Å². The first-order chi connectivity index (χ1) is 17.7. The third-order valence-electron chi connectivity index (χ3n) is 7.30. The lowest BCUT2D eigenvalue weighted by atomic mass is 9.67. The van der Waals surface area contributed by atoms with Crippen LogP contribution in [0.5, 0.6) is 0 Å². The Morgan fingerprint density at radius 3 is 2.11 bits per heavy atom. The lowest BCUT2D eigenvalue weighted by Crippen LogP contribution is -2.65. The van der Waals surface area contributed by atoms with Crippen LogP contribution < -0.4 is 16.4 Å². The van der Waals surface area contributed by atoms with Crippen LogP contribution in [0.25, 0.3) is 11.1 Å². The second kappa shape index (κ2) is 9.77. The Morgan fingerprint density at radius 2 is 1.54 bits per heavy atom. The van der Waals surface area contributed by atoms with Crippen LogP contribution in [-0.4, -0.2) is 42.2 Å². The lowest BCUT2D eigenvalue weighted by Gasteiger charge is -2.53. The van der Waals surface area contributed by atoms with Crippen molar-refractivity contribution in [1.82, 2.24) is 10.2 Å². The maximum absolute atomic E-state index is 15.3. The van der Waals surface area contributed by atoms with E-state index in [0.29, 0.717) is 30.3 Å². The SMILES string of the molecule is NCc1ccc(-c2ccc([C@]3(O)[C@@H]4CNC[C@H]3CN(C(=O)Nc3cc(F)cc(F)c3)C4)cc2F)c(F)c1. The van der Waals surface area contributed by atoms with Crippen molar-refractivity contribution in [3.05, 3.63) is 89.0 Å². The number of amides is 2. The van der Waals surface area contributed by atoms with Crippen molar-refractivity contribution in [3.8, 4) is 11.1 Å². The van der Waals surface area contributed by atoms with E-state index in [4.69, 9.17) is 5.73 Å². The van der Waals surface area contributed by atoms with E-state index in [-0.39, 0.29) is 36.4 Å². The minimum Gasteiger partial charge on any atom is -0.384 e. The van der Waals surface area contributed by atoms with Crippen molar-refractivity contribution in [2.24, 2.45) is 17.6 Å². The number of benzene rings is 3. The first-order valence-electron chi connectivity index (χ1n) is 11.9. The number of hydrogen-bond acceptors (Lipinski definition) is 4. The van der Waals surface area contributed by atoms with Crippen LogP contribution >= 0.6 is 0 Å². The summed E-state index contributed by atoms with van der Waals surface area (Å²) in [5.74, 6) is -3.87. The number of likely N-dealkylation sites (tertiary alicyclic amines) is 1. The van der Waals surface area contributed by atoms with Crippen LogP contribution in [0.15, 0.2) is 54.6 Å². The molecule has 6 nitrogen and oxygen atoms in total. The molecule has 2 heterocycles. The lowest BCUT2D eigenvalue weighted by molar-refractivity contribution is -0.129. The third kappa shape index (κ3) is 4.68. The molecule has 0 unspecified atom stereocenters. The number of anilines is 1. The Kier molecular flexibility index (Phi) is 6.65. The number of nitrogens with one attached hydrogen (secondary N) is 2. The minimum atomic E-state index is -1.44. The Labute approximate surface area is 211 Å². The first-order valence-corrected chi connectivity index (χ1v) is 11.9. The molecular weight excluding hydrogens is 488 g/mol. The van der Waals surface area contributed by atoms with Gasteiger partial charge in [0.2, 0.25) is 0 Å². The number of aliphatic hydroxyl groups is 1. The average molecular weight is 515 g/mol. The number of carbonyl (C=O) groups excluding carboxylic acids is 1. The summed E-state index contributed by atoms with van der Waals surface area (Å²) in [4.78, 5) is 14.3. The van der Waals surface area contributed by atoms with Gasteiger partial charge in [-0.25, -0.2) is 22.4 Å². The number of rotatable bonds is 4. The van der Waals surface area contributed by atoms with Gasteiger partial charge in [0.15, 0.2) is 0 Å². The van der Waals surface area contributed by atoms with Gasteiger partial charge in [0.25, 0.3) is 0 Å². The molecule has 0 aliphatic carbocycles. The number of urea groups is 1. The predicted octanol–water partition coefficient (Wildman–Crippen LogP) is 3.94. The van der Waals surface area contributed by atoms with Crippen molar-refractivity contribution in [2.45, 2.75) is 12.1 Å². The number of hydrogen-bond donors (Lipinski definition) is 4. The van der Waals surface area contributed by atoms with Gasteiger partial charge in [0, 0.05) is 67.4 Å². The smallest absolute Gasteiger partial charge is 0.321 e. The first kappa shape index (κ1) is 25.2. The number of piperidine rings is 2. The molecule has 3 aromatic rings. The Bertz CT molecular complexity index is 1320. The van der Waals surface area contributed by atoms with Gasteiger partial charge in [-0.1, -0.05) is 24.3 Å². The summed E-state index contributed by atoms with van der Waals surface area (Å²) in [6, 6.07) is 10.8. The summed E-state index contributed by atoms with van der Waals surface area (Å²) in [7, 11) is 0. The number of fused-ring (bicyclic) bond motifs is 2. The van der Waals surface area contributed by atoms with E-state index >= 15 is 4.39 Å². The molecule has 2 saturated heterocycles. The van der Waals surface area contributed by atoms with Crippen molar-refractivity contribution >= 4 is 11.7 Å². The van der Waals surface area contributed by atoms with Gasteiger partial charge in [-0.2, -0.15) is 0 Å². The van der Waals surface area contributed by atoms with E-state index in [1.54, 1.807) is 12.1 Å². The fraction of sp³-hybridized carbons (Fsp3) is 0.296. The zero-order valence-electron chi connectivity index (χ0n) is 19.8. The van der Waals surface area contributed by atoms with E-state index in [9.17, 15) is 23.1 Å². The molecule has 5 rings (SSSR count). The highest BCUT2D eigenvalue weighted by molar-refractivity contribution is 5.89. The molecule has 2 bridgehead atoms. The predicted molar refractivity (Wildman–Crippen MR) is 130 cm³/mol. The van der Waals surface area contributed by atoms with E-state index in [1.807, 2.05) is 0 Å². The molecular formula is C27H26F4N4O2. The normalized spacial score (nSPS) is 23.1. The van der Waals surface area contributed by atoms with Crippen molar-refractivity contribution in [2.75, 3.05) is 31.5 Å². The number of halogens is 4. The topological polar surface area (TPSA) is 90.6 Å². The van der Waals surface area contributed by atoms with Crippen LogP contribution in [0.1, 0.15) is 11.1 Å². The highest BCUT2D eigenvalue weighted by Gasteiger charge is 2.52. The van der Waals surface area contributed by atoms with Gasteiger partial charge in [0.1, 0.15) is 28.9 Å². The van der Waals surface area contributed by atoms with E-state index in [0.717, 1.165) is 12.1 Å². The fourth-order valence-corrected chi connectivity index (χ4v) is 5.44. The summed E-state index contributed by atoms with van der Waals surface area (Å²) in [6.45, 7) is 1.15. The highest BCUT2D eigenvalue weighted by atomic mass is 19.1. The molecule has 3 atom stereocenters. The molecule has 0 radical (unpaired) electrons. The molecule has 3 aromatic carbocycles. The van der Waals surface area contributed by atoms with E-state index < -0.39 is 46.7 Å². The quantitative estimate of drug-likeness (QED) is 0.397.